The Hall–Kier alpha value is -0.160. The highest BCUT2D eigenvalue weighted by Gasteiger charge is 2.42. The molecule has 4 nitrogen and oxygen atoms in total. The van der Waals surface area contributed by atoms with Crippen molar-refractivity contribution in [2.45, 2.75) is 45.2 Å². The van der Waals surface area contributed by atoms with E-state index >= 15 is 0 Å². The van der Waals surface area contributed by atoms with Crippen LogP contribution in [0.5, 0.6) is 0 Å². The highest BCUT2D eigenvalue weighted by Crippen LogP contribution is 2.30. The molecule has 1 saturated heterocycles. The lowest BCUT2D eigenvalue weighted by atomic mass is 9.81. The van der Waals surface area contributed by atoms with Gasteiger partial charge in [0.1, 0.15) is 18.3 Å². The molecule has 0 aromatic carbocycles. The Balaban J connectivity index is 2.70. The summed E-state index contributed by atoms with van der Waals surface area (Å²) in [5.41, 5.74) is -0.236. The van der Waals surface area contributed by atoms with Crippen molar-refractivity contribution >= 4 is 0 Å². The standard InChI is InChI=1S/C9H18O4/c1-9(2,3)8-7(12)6(11)5(10)4-13-8/h5-8,10-12H,4H2,1-3H3/t5?,6?,7?,8-/m1/s1. The van der Waals surface area contributed by atoms with E-state index in [9.17, 15) is 15.3 Å². The summed E-state index contributed by atoms with van der Waals surface area (Å²) in [4.78, 5) is 0. The zero-order valence-corrected chi connectivity index (χ0v) is 8.27. The van der Waals surface area contributed by atoms with Crippen molar-refractivity contribution in [2.75, 3.05) is 6.61 Å². The molecule has 0 spiro atoms. The number of ether oxygens (including phenoxy) is 1. The van der Waals surface area contributed by atoms with Crippen LogP contribution in [0.1, 0.15) is 20.8 Å². The van der Waals surface area contributed by atoms with E-state index in [4.69, 9.17) is 4.74 Å². The minimum atomic E-state index is -1.10. The molecule has 3 N–H and O–H groups in total. The van der Waals surface area contributed by atoms with Gasteiger partial charge in [0.2, 0.25) is 0 Å². The Kier molecular flexibility index (Phi) is 2.97. The normalized spacial score (nSPS) is 42.0. The zero-order valence-electron chi connectivity index (χ0n) is 8.27. The monoisotopic (exact) mass is 190 g/mol. The third-order valence-corrected chi connectivity index (χ3v) is 2.35. The molecule has 78 valence electrons. The highest BCUT2D eigenvalue weighted by atomic mass is 16.5. The fourth-order valence-corrected chi connectivity index (χ4v) is 1.57. The quantitative estimate of drug-likeness (QED) is 0.482. The SMILES string of the molecule is CC(C)(C)[C@@H]1OCC(O)C(O)C1O. The zero-order chi connectivity index (χ0) is 10.2. The summed E-state index contributed by atoms with van der Waals surface area (Å²) < 4.78 is 5.28. The van der Waals surface area contributed by atoms with E-state index < -0.39 is 24.4 Å². The molecular weight excluding hydrogens is 172 g/mol. The largest absolute Gasteiger partial charge is 0.388 e. The topological polar surface area (TPSA) is 69.9 Å². The highest BCUT2D eigenvalue weighted by molar-refractivity contribution is 4.92. The third-order valence-electron chi connectivity index (χ3n) is 2.35. The number of aliphatic hydroxyl groups excluding tert-OH is 3. The molecule has 3 unspecified atom stereocenters. The smallest absolute Gasteiger partial charge is 0.111 e. The molecule has 0 bridgehead atoms. The van der Waals surface area contributed by atoms with Crippen LogP contribution in [0, 0.1) is 5.41 Å². The van der Waals surface area contributed by atoms with Crippen molar-refractivity contribution in [3.8, 4) is 0 Å². The van der Waals surface area contributed by atoms with E-state index in [0.717, 1.165) is 0 Å². The van der Waals surface area contributed by atoms with Crippen molar-refractivity contribution in [3.05, 3.63) is 0 Å². The molecule has 0 aromatic rings. The first kappa shape index (κ1) is 10.9. The van der Waals surface area contributed by atoms with Crippen molar-refractivity contribution in [1.82, 2.24) is 0 Å². The first-order valence-corrected chi connectivity index (χ1v) is 4.50. The molecule has 0 aromatic heterocycles. The van der Waals surface area contributed by atoms with Gasteiger partial charge in [0.15, 0.2) is 0 Å². The number of rotatable bonds is 0. The molecule has 1 heterocycles. The Morgan fingerprint density at radius 1 is 1.08 bits per heavy atom. The number of hydrogen-bond donors (Lipinski definition) is 3. The van der Waals surface area contributed by atoms with E-state index in [0.29, 0.717) is 0 Å². The molecule has 1 aliphatic heterocycles. The van der Waals surface area contributed by atoms with Crippen LogP contribution < -0.4 is 0 Å². The van der Waals surface area contributed by atoms with Crippen molar-refractivity contribution in [3.63, 3.8) is 0 Å². The van der Waals surface area contributed by atoms with Gasteiger partial charge in [0.25, 0.3) is 0 Å². The lowest BCUT2D eigenvalue weighted by molar-refractivity contribution is -0.211. The minimum absolute atomic E-state index is 0.0835. The van der Waals surface area contributed by atoms with Gasteiger partial charge in [0.05, 0.1) is 12.7 Å². The second-order valence-electron chi connectivity index (χ2n) is 4.67. The fraction of sp³-hybridized carbons (Fsp3) is 1.00. The van der Waals surface area contributed by atoms with Gasteiger partial charge in [0, 0.05) is 0 Å². The Bertz CT molecular complexity index is 175. The number of hydrogen-bond acceptors (Lipinski definition) is 4. The van der Waals surface area contributed by atoms with Crippen LogP contribution in [-0.4, -0.2) is 46.3 Å². The molecule has 1 aliphatic rings. The lowest BCUT2D eigenvalue weighted by Gasteiger charge is -2.41. The lowest BCUT2D eigenvalue weighted by Crippen LogP contribution is -2.56. The molecule has 1 fully saturated rings. The first-order chi connectivity index (χ1) is 5.84. The third kappa shape index (κ3) is 2.20. The maximum atomic E-state index is 9.61. The molecule has 0 radical (unpaired) electrons. The molecule has 0 amide bonds. The van der Waals surface area contributed by atoms with Crippen molar-refractivity contribution in [2.24, 2.45) is 5.41 Å². The van der Waals surface area contributed by atoms with Gasteiger partial charge < -0.3 is 20.1 Å². The summed E-state index contributed by atoms with van der Waals surface area (Å²) in [5, 5.41) is 28.2. The van der Waals surface area contributed by atoms with Crippen LogP contribution in [0.2, 0.25) is 0 Å². The van der Waals surface area contributed by atoms with Gasteiger partial charge in [-0.15, -0.1) is 0 Å². The first-order valence-electron chi connectivity index (χ1n) is 4.50. The Morgan fingerprint density at radius 2 is 1.62 bits per heavy atom. The molecule has 4 heteroatoms. The Morgan fingerprint density at radius 3 is 2.08 bits per heavy atom. The van der Waals surface area contributed by atoms with Crippen LogP contribution in [0.25, 0.3) is 0 Å². The second-order valence-corrected chi connectivity index (χ2v) is 4.67. The molecule has 13 heavy (non-hydrogen) atoms. The fourth-order valence-electron chi connectivity index (χ4n) is 1.57. The summed E-state index contributed by atoms with van der Waals surface area (Å²) in [6.45, 7) is 5.85. The van der Waals surface area contributed by atoms with Gasteiger partial charge >= 0.3 is 0 Å². The van der Waals surface area contributed by atoms with Crippen molar-refractivity contribution in [1.29, 1.82) is 0 Å². The van der Waals surface area contributed by atoms with E-state index in [2.05, 4.69) is 0 Å². The van der Waals surface area contributed by atoms with Gasteiger partial charge in [-0.1, -0.05) is 20.8 Å². The van der Waals surface area contributed by atoms with Gasteiger partial charge in [-0.25, -0.2) is 0 Å². The summed E-state index contributed by atoms with van der Waals surface area (Å²) in [6.07, 6.45) is -3.51. The van der Waals surface area contributed by atoms with Crippen LogP contribution in [-0.2, 0) is 4.74 Å². The average Bonchev–Trinajstić information content (AvgIpc) is 1.98. The number of aliphatic hydroxyl groups is 3. The van der Waals surface area contributed by atoms with Gasteiger partial charge in [-0.3, -0.25) is 0 Å². The van der Waals surface area contributed by atoms with Crippen molar-refractivity contribution < 1.29 is 20.1 Å². The molecule has 0 saturated carbocycles. The maximum Gasteiger partial charge on any atom is 0.111 e. The second kappa shape index (κ2) is 3.53. The maximum absolute atomic E-state index is 9.61. The van der Waals surface area contributed by atoms with E-state index in [1.165, 1.54) is 0 Å². The predicted octanol–water partition coefficient (Wildman–Crippen LogP) is -0.486. The summed E-state index contributed by atoms with van der Waals surface area (Å²) >= 11 is 0. The van der Waals surface area contributed by atoms with E-state index in [1.807, 2.05) is 20.8 Å². The van der Waals surface area contributed by atoms with E-state index in [1.54, 1.807) is 0 Å². The molecule has 4 atom stereocenters. The summed E-state index contributed by atoms with van der Waals surface area (Å²) in [6, 6.07) is 0. The summed E-state index contributed by atoms with van der Waals surface area (Å²) in [5.74, 6) is 0. The van der Waals surface area contributed by atoms with Crippen LogP contribution in [0.3, 0.4) is 0 Å². The van der Waals surface area contributed by atoms with Gasteiger partial charge in [-0.05, 0) is 5.41 Å². The molecule has 1 rings (SSSR count). The van der Waals surface area contributed by atoms with Crippen LogP contribution >= 0.6 is 0 Å². The Labute approximate surface area is 78.1 Å². The average molecular weight is 190 g/mol. The van der Waals surface area contributed by atoms with Crippen LogP contribution in [0.4, 0.5) is 0 Å². The van der Waals surface area contributed by atoms with Gasteiger partial charge in [-0.2, -0.15) is 0 Å². The molecule has 0 aliphatic carbocycles. The van der Waals surface area contributed by atoms with Crippen LogP contribution in [0.15, 0.2) is 0 Å². The van der Waals surface area contributed by atoms with E-state index in [-0.39, 0.29) is 12.0 Å². The molecular formula is C9H18O4. The summed E-state index contributed by atoms with van der Waals surface area (Å²) in [7, 11) is 0. The minimum Gasteiger partial charge on any atom is -0.388 e. The predicted molar refractivity (Wildman–Crippen MR) is 47.2 cm³/mol.